The third kappa shape index (κ3) is 3.84. The molecule has 0 aliphatic carbocycles. The fourth-order valence-corrected chi connectivity index (χ4v) is 0.740. The van der Waals surface area contributed by atoms with Crippen molar-refractivity contribution in [2.45, 2.75) is 26.4 Å². The highest BCUT2D eigenvalue weighted by molar-refractivity contribution is 5.83. The number of nitrogens with one attached hydrogen (secondary N) is 1. The van der Waals surface area contributed by atoms with Gasteiger partial charge in [-0.2, -0.15) is 0 Å². The minimum Gasteiger partial charge on any atom is -0.444 e. The standard InChI is InChI=1S/C9H12N3O2/c1-9(2,3)14-8(13)11-7-5-4-6-10-12-7/h4-5H,1-3H3,(H,11,12,13). The van der Waals surface area contributed by atoms with Crippen molar-refractivity contribution in [2.75, 3.05) is 5.32 Å². The van der Waals surface area contributed by atoms with Crippen molar-refractivity contribution in [2.24, 2.45) is 0 Å². The Kier molecular flexibility index (Phi) is 3.01. The molecule has 5 heteroatoms. The zero-order valence-electron chi connectivity index (χ0n) is 8.37. The Balaban J connectivity index is 2.50. The summed E-state index contributed by atoms with van der Waals surface area (Å²) in [5.74, 6) is 0.345. The van der Waals surface area contributed by atoms with Crippen LogP contribution in [0.2, 0.25) is 0 Å². The Labute approximate surface area is 82.5 Å². The molecule has 1 heterocycles. The van der Waals surface area contributed by atoms with Crippen molar-refractivity contribution >= 4 is 11.9 Å². The number of hydrogen-bond donors (Lipinski definition) is 1. The van der Waals surface area contributed by atoms with Gasteiger partial charge in [0.1, 0.15) is 11.8 Å². The van der Waals surface area contributed by atoms with Crippen molar-refractivity contribution < 1.29 is 9.53 Å². The highest BCUT2D eigenvalue weighted by Gasteiger charge is 2.16. The minimum absolute atomic E-state index is 0.345. The van der Waals surface area contributed by atoms with Crippen molar-refractivity contribution in [3.63, 3.8) is 0 Å². The number of anilines is 1. The number of ether oxygens (including phenoxy) is 1. The zero-order valence-corrected chi connectivity index (χ0v) is 8.37. The van der Waals surface area contributed by atoms with Gasteiger partial charge in [0, 0.05) is 0 Å². The summed E-state index contributed by atoms with van der Waals surface area (Å²) in [7, 11) is 0. The first-order chi connectivity index (χ1) is 6.47. The summed E-state index contributed by atoms with van der Waals surface area (Å²) in [6, 6.07) is 3.14. The molecule has 14 heavy (non-hydrogen) atoms. The number of amides is 1. The van der Waals surface area contributed by atoms with Gasteiger partial charge in [-0.05, 0) is 32.9 Å². The molecule has 1 radical (unpaired) electrons. The van der Waals surface area contributed by atoms with E-state index in [0.29, 0.717) is 5.82 Å². The molecule has 0 unspecified atom stereocenters. The van der Waals surface area contributed by atoms with Gasteiger partial charge in [0.2, 0.25) is 0 Å². The fourth-order valence-electron chi connectivity index (χ4n) is 0.740. The molecule has 0 fully saturated rings. The first-order valence-corrected chi connectivity index (χ1v) is 4.17. The third-order valence-electron chi connectivity index (χ3n) is 1.16. The lowest BCUT2D eigenvalue weighted by Crippen LogP contribution is -2.27. The van der Waals surface area contributed by atoms with E-state index in [4.69, 9.17) is 4.74 Å². The number of aromatic nitrogens is 2. The van der Waals surface area contributed by atoms with Gasteiger partial charge in [-0.1, -0.05) is 0 Å². The van der Waals surface area contributed by atoms with E-state index in [2.05, 4.69) is 21.7 Å². The molecule has 0 bridgehead atoms. The van der Waals surface area contributed by atoms with Crippen LogP contribution in [-0.4, -0.2) is 21.9 Å². The van der Waals surface area contributed by atoms with Gasteiger partial charge in [-0.25, -0.2) is 4.79 Å². The van der Waals surface area contributed by atoms with Crippen LogP contribution in [0.1, 0.15) is 20.8 Å². The van der Waals surface area contributed by atoms with Crippen LogP contribution >= 0.6 is 0 Å². The molecule has 0 spiro atoms. The van der Waals surface area contributed by atoms with E-state index in [1.807, 2.05) is 0 Å². The smallest absolute Gasteiger partial charge is 0.413 e. The van der Waals surface area contributed by atoms with Gasteiger partial charge in [-0.15, -0.1) is 10.2 Å². The number of carbonyl (C=O) groups is 1. The van der Waals surface area contributed by atoms with Crippen LogP contribution in [0.15, 0.2) is 12.1 Å². The second kappa shape index (κ2) is 4.04. The molecule has 1 N–H and O–H groups in total. The highest BCUT2D eigenvalue weighted by Crippen LogP contribution is 2.08. The van der Waals surface area contributed by atoms with Crippen LogP contribution in [0.5, 0.6) is 0 Å². The number of nitrogens with zero attached hydrogens (tertiary/aromatic N) is 2. The molecule has 75 valence electrons. The summed E-state index contributed by atoms with van der Waals surface area (Å²) in [4.78, 5) is 11.2. The van der Waals surface area contributed by atoms with E-state index in [-0.39, 0.29) is 0 Å². The Morgan fingerprint density at radius 1 is 1.57 bits per heavy atom. The SMILES string of the molecule is CC(C)(C)OC(=O)Nc1cc[c]nn1. The van der Waals surface area contributed by atoms with E-state index in [1.165, 1.54) is 0 Å². The number of carbonyl (C=O) groups excluding carboxylic acids is 1. The maximum Gasteiger partial charge on any atom is 0.413 e. The van der Waals surface area contributed by atoms with Crippen molar-refractivity contribution in [1.82, 2.24) is 10.2 Å². The van der Waals surface area contributed by atoms with Crippen LogP contribution in [0.4, 0.5) is 10.6 Å². The second-order valence-electron chi connectivity index (χ2n) is 3.67. The molecule has 0 atom stereocenters. The van der Waals surface area contributed by atoms with E-state index in [1.54, 1.807) is 32.9 Å². The summed E-state index contributed by atoms with van der Waals surface area (Å²) < 4.78 is 5.01. The minimum atomic E-state index is -0.544. The molecule has 1 rings (SSSR count). The molecule has 5 nitrogen and oxygen atoms in total. The quantitative estimate of drug-likeness (QED) is 0.737. The Morgan fingerprint density at radius 3 is 2.79 bits per heavy atom. The summed E-state index contributed by atoms with van der Waals surface area (Å²) in [6.07, 6.45) is 1.96. The largest absolute Gasteiger partial charge is 0.444 e. The maximum atomic E-state index is 11.2. The van der Waals surface area contributed by atoms with E-state index in [0.717, 1.165) is 0 Å². The summed E-state index contributed by atoms with van der Waals surface area (Å²) in [5, 5.41) is 9.56. The normalized spacial score (nSPS) is 10.8. The molecular formula is C9H12N3O2. The second-order valence-corrected chi connectivity index (χ2v) is 3.67. The monoisotopic (exact) mass is 194 g/mol. The van der Waals surface area contributed by atoms with Gasteiger partial charge in [0.25, 0.3) is 0 Å². The molecule has 0 aliphatic rings. The molecule has 0 saturated heterocycles. The molecule has 0 aliphatic heterocycles. The van der Waals surface area contributed by atoms with Crippen LogP contribution < -0.4 is 5.32 Å². The molecule has 1 aromatic rings. The Hall–Kier alpha value is -1.65. The van der Waals surface area contributed by atoms with E-state index in [9.17, 15) is 4.79 Å². The molecule has 0 aromatic carbocycles. The van der Waals surface area contributed by atoms with Gasteiger partial charge in [0.15, 0.2) is 5.82 Å². The number of hydrogen-bond acceptors (Lipinski definition) is 4. The lowest BCUT2D eigenvalue weighted by atomic mass is 10.2. The van der Waals surface area contributed by atoms with Crippen molar-refractivity contribution in [3.05, 3.63) is 18.3 Å². The van der Waals surface area contributed by atoms with Gasteiger partial charge >= 0.3 is 6.09 Å². The first-order valence-electron chi connectivity index (χ1n) is 4.17. The predicted molar refractivity (Wildman–Crippen MR) is 50.7 cm³/mol. The van der Waals surface area contributed by atoms with E-state index < -0.39 is 11.7 Å². The maximum absolute atomic E-state index is 11.2. The van der Waals surface area contributed by atoms with Crippen LogP contribution in [0.3, 0.4) is 0 Å². The molecule has 1 aromatic heterocycles. The van der Waals surface area contributed by atoms with Crippen LogP contribution in [0.25, 0.3) is 0 Å². The lowest BCUT2D eigenvalue weighted by molar-refractivity contribution is 0.0635. The lowest BCUT2D eigenvalue weighted by Gasteiger charge is -2.19. The van der Waals surface area contributed by atoms with E-state index >= 15 is 0 Å². The number of rotatable bonds is 1. The van der Waals surface area contributed by atoms with Gasteiger partial charge < -0.3 is 4.74 Å². The van der Waals surface area contributed by atoms with Gasteiger partial charge in [-0.3, -0.25) is 5.32 Å². The summed E-state index contributed by atoms with van der Waals surface area (Å²) >= 11 is 0. The van der Waals surface area contributed by atoms with Crippen LogP contribution in [-0.2, 0) is 4.74 Å². The Bertz CT molecular complexity index is 306. The molecule has 0 saturated carbocycles. The van der Waals surface area contributed by atoms with Crippen molar-refractivity contribution in [3.8, 4) is 0 Å². The Morgan fingerprint density at radius 2 is 2.29 bits per heavy atom. The van der Waals surface area contributed by atoms with Crippen LogP contribution in [0, 0.1) is 6.20 Å². The molecular weight excluding hydrogens is 182 g/mol. The summed E-state index contributed by atoms with van der Waals surface area (Å²) in [6.45, 7) is 5.37. The predicted octanol–water partition coefficient (Wildman–Crippen LogP) is 1.62. The molecule has 1 amide bonds. The first kappa shape index (κ1) is 10.4. The topological polar surface area (TPSA) is 64.1 Å². The van der Waals surface area contributed by atoms with Crippen molar-refractivity contribution in [1.29, 1.82) is 0 Å². The zero-order chi connectivity index (χ0) is 10.6. The third-order valence-corrected chi connectivity index (χ3v) is 1.16. The highest BCUT2D eigenvalue weighted by atomic mass is 16.6. The summed E-state index contributed by atoms with van der Waals surface area (Å²) in [5.41, 5.74) is -0.515. The average Bonchev–Trinajstić information content (AvgIpc) is 2.02. The van der Waals surface area contributed by atoms with Gasteiger partial charge in [0.05, 0.1) is 0 Å². The fraction of sp³-hybridized carbons (Fsp3) is 0.444. The average molecular weight is 194 g/mol.